The zero-order chi connectivity index (χ0) is 7.72. The molecule has 0 aliphatic rings. The lowest BCUT2D eigenvalue weighted by Gasteiger charge is -1.80. The predicted octanol–water partition coefficient (Wildman–Crippen LogP) is 1.84. The molecule has 1 rings (SSSR count). The molecule has 1 aromatic heterocycles. The molecule has 0 saturated heterocycles. The van der Waals surface area contributed by atoms with Crippen LogP contribution in [-0.4, -0.2) is 4.98 Å². The predicted molar refractivity (Wildman–Crippen MR) is 31.9 cm³/mol. The zero-order valence-corrected chi connectivity index (χ0v) is 4.99. The van der Waals surface area contributed by atoms with Crippen LogP contribution in [0.2, 0.25) is 0 Å². The van der Waals surface area contributed by atoms with E-state index in [9.17, 15) is 0 Å². The number of pyridine rings is 1. The Morgan fingerprint density at radius 1 is 1.86 bits per heavy atom. The van der Waals surface area contributed by atoms with E-state index in [1.807, 2.05) is 0 Å². The van der Waals surface area contributed by atoms with E-state index in [0.717, 1.165) is 0 Å². The summed E-state index contributed by atoms with van der Waals surface area (Å²) < 4.78 is 21.8. The summed E-state index contributed by atoms with van der Waals surface area (Å²) in [5, 5.41) is 0. The molecule has 0 amide bonds. The standard InChI is InChI=1S/C5H4BrN/c6-5-2-1-3-7-4-5/h1-4H/i1D,2D,3D. The lowest BCUT2D eigenvalue weighted by Crippen LogP contribution is -1.64. The van der Waals surface area contributed by atoms with Gasteiger partial charge in [0.05, 0.1) is 4.11 Å². The molecule has 0 aromatic carbocycles. The third-order valence-corrected chi connectivity index (χ3v) is 0.883. The average Bonchev–Trinajstić information content (AvgIpc) is 1.93. The third-order valence-electron chi connectivity index (χ3n) is 0.480. The highest BCUT2D eigenvalue weighted by molar-refractivity contribution is 9.10. The Kier molecular flexibility index (Phi) is 0.671. The second-order valence-electron chi connectivity index (χ2n) is 0.968. The van der Waals surface area contributed by atoms with Gasteiger partial charge in [0.15, 0.2) is 0 Å². The van der Waals surface area contributed by atoms with Gasteiger partial charge in [0, 0.05) is 16.8 Å². The molecule has 2 heteroatoms. The van der Waals surface area contributed by atoms with Crippen LogP contribution in [0.3, 0.4) is 0 Å². The number of rotatable bonds is 0. The smallest absolute Gasteiger partial charge is 0.0840 e. The van der Waals surface area contributed by atoms with Crippen molar-refractivity contribution in [1.82, 2.24) is 4.98 Å². The molecule has 1 nitrogen and oxygen atoms in total. The first-order chi connectivity index (χ1) is 4.63. The molecule has 1 heterocycles. The van der Waals surface area contributed by atoms with Gasteiger partial charge < -0.3 is 0 Å². The van der Waals surface area contributed by atoms with Gasteiger partial charge in [-0.3, -0.25) is 4.98 Å². The number of nitrogens with zero attached hydrogens (tertiary/aromatic N) is 1. The molecular formula is C5H4BrN. The van der Waals surface area contributed by atoms with E-state index >= 15 is 0 Å². The molecule has 0 radical (unpaired) electrons. The van der Waals surface area contributed by atoms with Crippen LogP contribution < -0.4 is 0 Å². The molecule has 0 bridgehead atoms. The lowest BCUT2D eigenvalue weighted by atomic mass is 10.5. The Morgan fingerprint density at radius 2 is 2.71 bits per heavy atom. The van der Waals surface area contributed by atoms with Crippen molar-refractivity contribution < 1.29 is 4.11 Å². The van der Waals surface area contributed by atoms with Crippen molar-refractivity contribution in [2.24, 2.45) is 0 Å². The quantitative estimate of drug-likeness (QED) is 0.565. The first-order valence-corrected chi connectivity index (χ1v) is 2.50. The molecular weight excluding hydrogens is 154 g/mol. The highest BCUT2D eigenvalue weighted by Gasteiger charge is 1.75. The van der Waals surface area contributed by atoms with Crippen LogP contribution in [0.15, 0.2) is 28.9 Å². The normalized spacial score (nSPS) is 14.7. The maximum Gasteiger partial charge on any atom is 0.0840 e. The van der Waals surface area contributed by atoms with Crippen molar-refractivity contribution in [3.8, 4) is 0 Å². The van der Waals surface area contributed by atoms with E-state index in [4.69, 9.17) is 4.11 Å². The summed E-state index contributed by atoms with van der Waals surface area (Å²) in [7, 11) is 0. The molecule has 0 atom stereocenters. The summed E-state index contributed by atoms with van der Waals surface area (Å²) in [5.74, 6) is 0. The Labute approximate surface area is 54.7 Å². The van der Waals surface area contributed by atoms with E-state index in [1.165, 1.54) is 6.20 Å². The zero-order valence-electron chi connectivity index (χ0n) is 6.40. The Hall–Kier alpha value is -0.370. The van der Waals surface area contributed by atoms with Gasteiger partial charge in [-0.25, -0.2) is 0 Å². The highest BCUT2D eigenvalue weighted by Crippen LogP contribution is 2.02. The lowest BCUT2D eigenvalue weighted by molar-refractivity contribution is 1.31. The molecule has 0 unspecified atom stereocenters. The first kappa shape index (κ1) is 2.27. The topological polar surface area (TPSA) is 12.9 Å². The van der Waals surface area contributed by atoms with E-state index < -0.39 is 0 Å². The van der Waals surface area contributed by atoms with Crippen molar-refractivity contribution in [1.29, 1.82) is 0 Å². The summed E-state index contributed by atoms with van der Waals surface area (Å²) in [4.78, 5) is 3.55. The van der Waals surface area contributed by atoms with E-state index in [-0.39, 0.29) is 18.3 Å². The molecule has 0 fully saturated rings. The van der Waals surface area contributed by atoms with Crippen molar-refractivity contribution in [2.45, 2.75) is 0 Å². The molecule has 0 N–H and O–H groups in total. The second kappa shape index (κ2) is 2.07. The minimum atomic E-state index is -0.159. The average molecular weight is 161 g/mol. The third kappa shape index (κ3) is 1.27. The van der Waals surface area contributed by atoms with Crippen LogP contribution in [-0.2, 0) is 0 Å². The molecule has 1 aromatic rings. The fourth-order valence-electron chi connectivity index (χ4n) is 0.241. The summed E-state index contributed by atoms with van der Waals surface area (Å²) in [6.07, 6.45) is 1.19. The summed E-state index contributed by atoms with van der Waals surface area (Å²) >= 11 is 3.03. The van der Waals surface area contributed by atoms with Crippen molar-refractivity contribution in [3.63, 3.8) is 0 Å². The Morgan fingerprint density at radius 3 is 3.43 bits per heavy atom. The van der Waals surface area contributed by atoms with Gasteiger partial charge in [-0.2, -0.15) is 0 Å². The van der Waals surface area contributed by atoms with Crippen LogP contribution in [0.4, 0.5) is 0 Å². The van der Waals surface area contributed by atoms with Gasteiger partial charge in [0.2, 0.25) is 0 Å². The first-order valence-electron chi connectivity index (χ1n) is 3.21. The number of halogens is 1. The van der Waals surface area contributed by atoms with Crippen molar-refractivity contribution >= 4 is 15.9 Å². The van der Waals surface area contributed by atoms with Crippen LogP contribution in [0, 0.1) is 0 Å². The number of hydrogen-bond donors (Lipinski definition) is 0. The van der Waals surface area contributed by atoms with Gasteiger partial charge in [0.25, 0.3) is 0 Å². The van der Waals surface area contributed by atoms with Crippen molar-refractivity contribution in [3.05, 3.63) is 28.9 Å². The summed E-state index contributed by atoms with van der Waals surface area (Å²) in [6, 6.07) is -0.130. The van der Waals surface area contributed by atoms with Crippen LogP contribution in [0.5, 0.6) is 0 Å². The van der Waals surface area contributed by atoms with Gasteiger partial charge >= 0.3 is 0 Å². The summed E-state index contributed by atoms with van der Waals surface area (Å²) in [5.41, 5.74) is 0. The molecule has 0 aliphatic heterocycles. The van der Waals surface area contributed by atoms with Crippen LogP contribution >= 0.6 is 15.9 Å². The monoisotopic (exact) mass is 160 g/mol. The van der Waals surface area contributed by atoms with E-state index in [0.29, 0.717) is 4.47 Å². The van der Waals surface area contributed by atoms with Crippen molar-refractivity contribution in [2.75, 3.05) is 0 Å². The number of hydrogen-bond acceptors (Lipinski definition) is 1. The van der Waals surface area contributed by atoms with Gasteiger partial charge in [-0.15, -0.1) is 0 Å². The largest absolute Gasteiger partial charge is 0.264 e. The maximum absolute atomic E-state index is 7.19. The minimum Gasteiger partial charge on any atom is -0.264 e. The summed E-state index contributed by atoms with van der Waals surface area (Å²) in [6.45, 7) is 0. The fourth-order valence-corrected chi connectivity index (χ4v) is 0.443. The second-order valence-corrected chi connectivity index (χ2v) is 1.82. The fraction of sp³-hybridized carbons (Fsp3) is 0. The van der Waals surface area contributed by atoms with Crippen LogP contribution in [0.25, 0.3) is 0 Å². The number of aromatic nitrogens is 1. The minimum absolute atomic E-state index is 0.0139. The van der Waals surface area contributed by atoms with Gasteiger partial charge in [-0.1, -0.05) is 0 Å². The van der Waals surface area contributed by atoms with Crippen LogP contribution in [0.1, 0.15) is 4.11 Å². The molecule has 7 heavy (non-hydrogen) atoms. The Bertz CT molecular complexity index is 236. The van der Waals surface area contributed by atoms with E-state index in [1.54, 1.807) is 0 Å². The molecule has 0 spiro atoms. The SMILES string of the molecule is [2H]c1ncc(Br)c([2H])c1[2H]. The van der Waals surface area contributed by atoms with Gasteiger partial charge in [0.1, 0.15) is 0 Å². The van der Waals surface area contributed by atoms with E-state index in [2.05, 4.69) is 20.9 Å². The Balaban J connectivity index is 3.34. The molecule has 0 aliphatic carbocycles. The highest BCUT2D eigenvalue weighted by atomic mass is 79.9. The van der Waals surface area contributed by atoms with Gasteiger partial charge in [-0.05, 0) is 28.0 Å². The molecule has 36 valence electrons. The maximum atomic E-state index is 7.19. The molecule has 0 saturated carbocycles.